The zero-order chi connectivity index (χ0) is 18.0. The fourth-order valence-corrected chi connectivity index (χ4v) is 2.02. The van der Waals surface area contributed by atoms with E-state index < -0.39 is 12.1 Å². The second kappa shape index (κ2) is 15.9. The van der Waals surface area contributed by atoms with Crippen LogP contribution in [0.15, 0.2) is 24.8 Å². The van der Waals surface area contributed by atoms with Gasteiger partial charge in [0.1, 0.15) is 0 Å². The Bertz CT molecular complexity index is 499. The molecule has 2 unspecified atom stereocenters. The molecule has 4 heteroatoms. The first-order valence-corrected chi connectivity index (χ1v) is 8.35. The highest BCUT2D eigenvalue weighted by atomic mass is 16.4. The molecule has 0 aliphatic carbocycles. The van der Waals surface area contributed by atoms with Crippen molar-refractivity contribution in [3.63, 3.8) is 0 Å². The van der Waals surface area contributed by atoms with Gasteiger partial charge in [0.2, 0.25) is 0 Å². The van der Waals surface area contributed by atoms with Gasteiger partial charge in [-0.1, -0.05) is 42.9 Å². The molecule has 0 rings (SSSR count). The Labute approximate surface area is 145 Å². The van der Waals surface area contributed by atoms with E-state index in [1.165, 1.54) is 0 Å². The van der Waals surface area contributed by atoms with Crippen molar-refractivity contribution in [2.24, 2.45) is 0 Å². The number of aliphatic hydroxyl groups excluding tert-OH is 2. The average molecular weight is 332 g/mol. The summed E-state index contributed by atoms with van der Waals surface area (Å²) >= 11 is 0. The molecule has 24 heavy (non-hydrogen) atoms. The lowest BCUT2D eigenvalue weighted by Gasteiger charge is -2.10. The molecule has 0 aliphatic heterocycles. The van der Waals surface area contributed by atoms with Crippen molar-refractivity contribution in [2.75, 3.05) is 0 Å². The van der Waals surface area contributed by atoms with E-state index in [9.17, 15) is 15.0 Å². The molecule has 3 N–H and O–H groups in total. The lowest BCUT2D eigenvalue weighted by atomic mass is 10.0. The highest BCUT2D eigenvalue weighted by molar-refractivity contribution is 5.67. The standard InChI is InChI=1S/C20H28O4/c1-2-3-4-5-6-7-8-9-10-11-14-18(21)15-12-13-16-19(22)17-20(23)24/h2,9-10,18-19,21-22H,1,3,8,11-17H2,(H,23,24). The first-order chi connectivity index (χ1) is 11.6. The average Bonchev–Trinajstić information content (AvgIpc) is 2.52. The molecule has 0 aliphatic rings. The number of carbonyl (C=O) groups is 1. The van der Waals surface area contributed by atoms with E-state index in [2.05, 4.69) is 30.3 Å². The first-order valence-electron chi connectivity index (χ1n) is 8.35. The van der Waals surface area contributed by atoms with E-state index in [1.807, 2.05) is 12.2 Å². The number of carboxylic acids is 1. The third-order valence-electron chi connectivity index (χ3n) is 3.27. The zero-order valence-corrected chi connectivity index (χ0v) is 14.2. The smallest absolute Gasteiger partial charge is 0.305 e. The number of aliphatic carboxylic acids is 1. The predicted octanol–water partition coefficient (Wildman–Crippen LogP) is 3.05. The summed E-state index contributed by atoms with van der Waals surface area (Å²) in [6, 6.07) is 0. The molecule has 0 saturated carbocycles. The summed E-state index contributed by atoms with van der Waals surface area (Å²) in [4.78, 5) is 10.4. The third-order valence-corrected chi connectivity index (χ3v) is 3.27. The number of hydrogen-bond donors (Lipinski definition) is 3. The minimum absolute atomic E-state index is 0.212. The molecule has 0 radical (unpaired) electrons. The maximum atomic E-state index is 10.4. The summed E-state index contributed by atoms with van der Waals surface area (Å²) in [5, 5.41) is 27.8. The number of rotatable bonds is 12. The number of aliphatic hydroxyl groups is 2. The lowest BCUT2D eigenvalue weighted by molar-refractivity contribution is -0.139. The quantitative estimate of drug-likeness (QED) is 0.292. The van der Waals surface area contributed by atoms with E-state index >= 15 is 0 Å². The molecule has 0 fully saturated rings. The predicted molar refractivity (Wildman–Crippen MR) is 96.1 cm³/mol. The van der Waals surface area contributed by atoms with E-state index in [1.54, 1.807) is 6.08 Å². The van der Waals surface area contributed by atoms with E-state index in [-0.39, 0.29) is 12.5 Å². The summed E-state index contributed by atoms with van der Waals surface area (Å²) in [5.41, 5.74) is 0. The molecule has 0 amide bonds. The van der Waals surface area contributed by atoms with Gasteiger partial charge in [0.15, 0.2) is 0 Å². The zero-order valence-electron chi connectivity index (χ0n) is 14.2. The van der Waals surface area contributed by atoms with Gasteiger partial charge in [-0.25, -0.2) is 0 Å². The van der Waals surface area contributed by atoms with E-state index in [4.69, 9.17) is 5.11 Å². The molecule has 0 saturated heterocycles. The lowest BCUT2D eigenvalue weighted by Crippen LogP contribution is -2.13. The van der Waals surface area contributed by atoms with E-state index in [0.717, 1.165) is 19.3 Å². The summed E-state index contributed by atoms with van der Waals surface area (Å²) in [5.74, 6) is 10.3. The van der Waals surface area contributed by atoms with Gasteiger partial charge in [0.25, 0.3) is 0 Å². The summed E-state index contributed by atoms with van der Waals surface area (Å²) in [6.07, 6.45) is 9.80. The molecule has 132 valence electrons. The SMILES string of the molecule is C=CCC#CC#CCC=CCCC(O)CCCCC(O)CC(=O)O. The van der Waals surface area contributed by atoms with Crippen molar-refractivity contribution in [1.29, 1.82) is 0 Å². The third kappa shape index (κ3) is 16.4. The van der Waals surface area contributed by atoms with Crippen LogP contribution in [0, 0.1) is 23.7 Å². The van der Waals surface area contributed by atoms with Gasteiger partial charge in [0, 0.05) is 12.8 Å². The van der Waals surface area contributed by atoms with Crippen LogP contribution in [0.5, 0.6) is 0 Å². The van der Waals surface area contributed by atoms with Gasteiger partial charge >= 0.3 is 5.97 Å². The monoisotopic (exact) mass is 332 g/mol. The molecular weight excluding hydrogens is 304 g/mol. The molecule has 0 aromatic carbocycles. The van der Waals surface area contributed by atoms with Crippen LogP contribution in [0.2, 0.25) is 0 Å². The second-order valence-corrected chi connectivity index (χ2v) is 5.54. The van der Waals surface area contributed by atoms with Crippen molar-refractivity contribution in [1.82, 2.24) is 0 Å². The van der Waals surface area contributed by atoms with Crippen LogP contribution in [0.4, 0.5) is 0 Å². The van der Waals surface area contributed by atoms with Crippen LogP contribution < -0.4 is 0 Å². The Morgan fingerprint density at radius 2 is 1.58 bits per heavy atom. The van der Waals surface area contributed by atoms with Gasteiger partial charge < -0.3 is 15.3 Å². The highest BCUT2D eigenvalue weighted by Gasteiger charge is 2.09. The van der Waals surface area contributed by atoms with Gasteiger partial charge in [-0.2, -0.15) is 0 Å². The molecule has 2 atom stereocenters. The minimum atomic E-state index is -0.984. The second-order valence-electron chi connectivity index (χ2n) is 5.54. The molecule has 0 spiro atoms. The number of allylic oxidation sites excluding steroid dienone is 3. The van der Waals surface area contributed by atoms with Crippen molar-refractivity contribution in [3.8, 4) is 23.7 Å². The van der Waals surface area contributed by atoms with Crippen LogP contribution in [0.1, 0.15) is 57.8 Å². The fourth-order valence-electron chi connectivity index (χ4n) is 2.02. The van der Waals surface area contributed by atoms with Crippen LogP contribution in [-0.4, -0.2) is 33.5 Å². The van der Waals surface area contributed by atoms with Crippen LogP contribution in [0.25, 0.3) is 0 Å². The summed E-state index contributed by atoms with van der Waals surface area (Å²) < 4.78 is 0. The maximum absolute atomic E-state index is 10.4. The molecule has 4 nitrogen and oxygen atoms in total. The Hall–Kier alpha value is -2.01. The Morgan fingerprint density at radius 3 is 2.21 bits per heavy atom. The topological polar surface area (TPSA) is 77.8 Å². The number of unbranched alkanes of at least 4 members (excludes halogenated alkanes) is 1. The van der Waals surface area contributed by atoms with Crippen molar-refractivity contribution in [3.05, 3.63) is 24.8 Å². The first kappa shape index (κ1) is 22.0. The molecule has 0 aromatic heterocycles. The van der Waals surface area contributed by atoms with Crippen LogP contribution >= 0.6 is 0 Å². The molecule has 0 heterocycles. The Balaban J connectivity index is 3.60. The highest BCUT2D eigenvalue weighted by Crippen LogP contribution is 2.11. The normalized spacial score (nSPS) is 12.6. The number of carboxylic acid groups (broad SMARTS) is 1. The van der Waals surface area contributed by atoms with Gasteiger partial charge in [-0.05, 0) is 37.5 Å². The van der Waals surface area contributed by atoms with Gasteiger partial charge in [0.05, 0.1) is 18.6 Å². The minimum Gasteiger partial charge on any atom is -0.481 e. The van der Waals surface area contributed by atoms with Gasteiger partial charge in [-0.3, -0.25) is 4.79 Å². The summed E-state index contributed by atoms with van der Waals surface area (Å²) in [7, 11) is 0. The van der Waals surface area contributed by atoms with Crippen molar-refractivity contribution < 1.29 is 20.1 Å². The largest absolute Gasteiger partial charge is 0.481 e. The maximum Gasteiger partial charge on any atom is 0.305 e. The van der Waals surface area contributed by atoms with Crippen LogP contribution in [-0.2, 0) is 4.79 Å². The fraction of sp³-hybridized carbons (Fsp3) is 0.550. The molecule has 0 bridgehead atoms. The molecular formula is C20H28O4. The van der Waals surface area contributed by atoms with Gasteiger partial charge in [-0.15, -0.1) is 6.58 Å². The molecule has 0 aromatic rings. The van der Waals surface area contributed by atoms with Crippen LogP contribution in [0.3, 0.4) is 0 Å². The number of hydrogen-bond acceptors (Lipinski definition) is 3. The van der Waals surface area contributed by atoms with E-state index in [0.29, 0.717) is 32.1 Å². The van der Waals surface area contributed by atoms with Crippen molar-refractivity contribution >= 4 is 5.97 Å². The summed E-state index contributed by atoms with van der Waals surface area (Å²) in [6.45, 7) is 3.57. The Morgan fingerprint density at radius 1 is 0.958 bits per heavy atom. The van der Waals surface area contributed by atoms with Crippen molar-refractivity contribution in [2.45, 2.75) is 70.0 Å². The Kier molecular flexibility index (Phi) is 14.5.